The molecule has 1 saturated heterocycles. The second-order valence-corrected chi connectivity index (χ2v) is 10.3. The van der Waals surface area contributed by atoms with Gasteiger partial charge in [0.05, 0.1) is 43.8 Å². The Morgan fingerprint density at radius 1 is 0.944 bits per heavy atom. The van der Waals surface area contributed by atoms with Crippen LogP contribution in [0.3, 0.4) is 0 Å². The predicted molar refractivity (Wildman–Crippen MR) is 141 cm³/mol. The Labute approximate surface area is 213 Å². The zero-order valence-corrected chi connectivity index (χ0v) is 21.6. The number of nitrogens with zero attached hydrogens (tertiary/aromatic N) is 5. The van der Waals surface area contributed by atoms with E-state index in [1.807, 2.05) is 36.1 Å². The predicted octanol–water partition coefficient (Wildman–Crippen LogP) is 5.01. The maximum atomic E-state index is 14.0. The third-order valence-electron chi connectivity index (χ3n) is 8.26. The van der Waals surface area contributed by atoms with Crippen molar-refractivity contribution in [1.29, 1.82) is 0 Å². The van der Waals surface area contributed by atoms with E-state index < -0.39 is 0 Å². The van der Waals surface area contributed by atoms with Crippen molar-refractivity contribution in [1.82, 2.24) is 19.8 Å². The lowest BCUT2D eigenvalue weighted by atomic mass is 9.68. The van der Waals surface area contributed by atoms with Gasteiger partial charge in [0.15, 0.2) is 0 Å². The average molecular weight is 486 g/mol. The van der Waals surface area contributed by atoms with Crippen molar-refractivity contribution in [3.8, 4) is 5.75 Å². The third-order valence-corrected chi connectivity index (χ3v) is 8.26. The van der Waals surface area contributed by atoms with Gasteiger partial charge in [-0.2, -0.15) is 0 Å². The van der Waals surface area contributed by atoms with Gasteiger partial charge in [0.25, 0.3) is 0 Å². The van der Waals surface area contributed by atoms with Gasteiger partial charge in [-0.1, -0.05) is 48.5 Å². The summed E-state index contributed by atoms with van der Waals surface area (Å²) >= 11 is 0. The summed E-state index contributed by atoms with van der Waals surface area (Å²) in [5, 5.41) is 0. The van der Waals surface area contributed by atoms with Gasteiger partial charge < -0.3 is 9.64 Å². The second-order valence-electron chi connectivity index (χ2n) is 10.3. The summed E-state index contributed by atoms with van der Waals surface area (Å²) in [7, 11) is 6.03. The van der Waals surface area contributed by atoms with Crippen LogP contribution in [0.1, 0.15) is 42.6 Å². The first-order chi connectivity index (χ1) is 17.4. The first-order valence-electron chi connectivity index (χ1n) is 12.6. The Morgan fingerprint density at radius 2 is 1.58 bits per heavy atom. The molecular formula is C29H35N5O2. The van der Waals surface area contributed by atoms with E-state index >= 15 is 0 Å². The second kappa shape index (κ2) is 9.54. The van der Waals surface area contributed by atoms with E-state index in [0.717, 1.165) is 42.7 Å². The van der Waals surface area contributed by atoms with Gasteiger partial charge in [-0.15, -0.1) is 0 Å². The minimum Gasteiger partial charge on any atom is -0.496 e. The van der Waals surface area contributed by atoms with E-state index in [1.54, 1.807) is 19.5 Å². The molecule has 2 heterocycles. The summed E-state index contributed by atoms with van der Waals surface area (Å²) in [6.07, 6.45) is 7.28. The van der Waals surface area contributed by atoms with Crippen LogP contribution in [0, 0.1) is 6.92 Å². The normalized spacial score (nSPS) is 24.1. The summed E-state index contributed by atoms with van der Waals surface area (Å²) in [4.78, 5) is 29.0. The Balaban J connectivity index is 1.51. The fraction of sp³-hybridized carbons (Fsp3) is 0.414. The zero-order chi connectivity index (χ0) is 25.3. The molecule has 1 aliphatic heterocycles. The van der Waals surface area contributed by atoms with Crippen LogP contribution in [0.25, 0.3) is 0 Å². The molecule has 1 spiro atoms. The van der Waals surface area contributed by atoms with Gasteiger partial charge >= 0.3 is 6.03 Å². The molecule has 2 aromatic carbocycles. The van der Waals surface area contributed by atoms with Crippen molar-refractivity contribution in [3.05, 3.63) is 83.9 Å². The highest BCUT2D eigenvalue weighted by atomic mass is 16.5. The van der Waals surface area contributed by atoms with E-state index in [4.69, 9.17) is 4.74 Å². The molecule has 0 radical (unpaired) electrons. The lowest BCUT2D eigenvalue weighted by Gasteiger charge is -2.51. The highest BCUT2D eigenvalue weighted by molar-refractivity contribution is 5.95. The summed E-state index contributed by atoms with van der Waals surface area (Å²) in [6, 6.07) is 18.8. The SMILES string of the molecule is COc1ccccc1CN1C(=O)N(c2cnc(C)nc2)C[C@]12CC[C@](c1ccccc1)(N(C)C)CC2. The summed E-state index contributed by atoms with van der Waals surface area (Å²) in [5.74, 6) is 1.50. The van der Waals surface area contributed by atoms with Crippen molar-refractivity contribution in [2.75, 3.05) is 32.6 Å². The molecule has 1 aromatic heterocycles. The summed E-state index contributed by atoms with van der Waals surface area (Å²) in [6.45, 7) is 2.99. The number of hydrogen-bond acceptors (Lipinski definition) is 5. The van der Waals surface area contributed by atoms with Crippen LogP contribution in [-0.2, 0) is 12.1 Å². The number of rotatable bonds is 6. The number of carbonyl (C=O) groups is 1. The molecule has 3 aromatic rings. The van der Waals surface area contributed by atoms with Crippen LogP contribution in [0.2, 0.25) is 0 Å². The molecule has 5 rings (SSSR count). The van der Waals surface area contributed by atoms with Gasteiger partial charge in [-0.25, -0.2) is 14.8 Å². The topological polar surface area (TPSA) is 61.8 Å². The molecule has 0 bridgehead atoms. The van der Waals surface area contributed by atoms with E-state index in [1.165, 1.54) is 5.56 Å². The van der Waals surface area contributed by atoms with E-state index in [0.29, 0.717) is 18.9 Å². The number of ether oxygens (including phenoxy) is 1. The number of para-hydroxylation sites is 1. The van der Waals surface area contributed by atoms with Gasteiger partial charge in [-0.05, 0) is 58.3 Å². The Hall–Kier alpha value is -3.45. The van der Waals surface area contributed by atoms with Crippen LogP contribution >= 0.6 is 0 Å². The van der Waals surface area contributed by atoms with Gasteiger partial charge in [0, 0.05) is 11.1 Å². The third kappa shape index (κ3) is 4.11. The Kier molecular flexibility index (Phi) is 6.43. The molecule has 2 aliphatic rings. The number of aromatic nitrogens is 2. The van der Waals surface area contributed by atoms with Crippen molar-refractivity contribution < 1.29 is 9.53 Å². The molecule has 1 saturated carbocycles. The van der Waals surface area contributed by atoms with Crippen LogP contribution < -0.4 is 9.64 Å². The van der Waals surface area contributed by atoms with Gasteiger partial charge in [-0.3, -0.25) is 9.80 Å². The molecular weight excluding hydrogens is 450 g/mol. The fourth-order valence-electron chi connectivity index (χ4n) is 6.06. The van der Waals surface area contributed by atoms with Crippen molar-refractivity contribution in [2.24, 2.45) is 0 Å². The minimum atomic E-state index is -0.281. The van der Waals surface area contributed by atoms with Crippen LogP contribution in [0.15, 0.2) is 67.0 Å². The molecule has 36 heavy (non-hydrogen) atoms. The molecule has 1 aliphatic carbocycles. The Morgan fingerprint density at radius 3 is 2.22 bits per heavy atom. The number of amides is 2. The van der Waals surface area contributed by atoms with E-state index in [2.05, 4.69) is 64.2 Å². The first-order valence-corrected chi connectivity index (χ1v) is 12.6. The lowest BCUT2D eigenvalue weighted by Crippen LogP contribution is -2.55. The van der Waals surface area contributed by atoms with Crippen LogP contribution in [0.5, 0.6) is 5.75 Å². The molecule has 0 N–H and O–H groups in total. The maximum absolute atomic E-state index is 14.0. The average Bonchev–Trinajstić information content (AvgIpc) is 3.17. The molecule has 188 valence electrons. The number of benzene rings is 2. The highest BCUT2D eigenvalue weighted by Gasteiger charge is 2.55. The number of methoxy groups -OCH3 is 1. The van der Waals surface area contributed by atoms with E-state index in [-0.39, 0.29) is 17.1 Å². The number of carbonyl (C=O) groups excluding carboxylic acids is 1. The molecule has 7 heteroatoms. The first kappa shape index (κ1) is 24.3. The number of aryl methyl sites for hydroxylation is 1. The van der Waals surface area contributed by atoms with Crippen LogP contribution in [0.4, 0.5) is 10.5 Å². The van der Waals surface area contributed by atoms with Crippen LogP contribution in [-0.4, -0.2) is 59.1 Å². The summed E-state index contributed by atoms with van der Waals surface area (Å²) in [5.41, 5.74) is 2.78. The van der Waals surface area contributed by atoms with Crippen molar-refractivity contribution in [3.63, 3.8) is 0 Å². The van der Waals surface area contributed by atoms with Crippen molar-refractivity contribution in [2.45, 2.75) is 50.2 Å². The highest BCUT2D eigenvalue weighted by Crippen LogP contribution is 2.50. The Bertz CT molecular complexity index is 1200. The molecule has 0 unspecified atom stereocenters. The number of urea groups is 1. The fourth-order valence-corrected chi connectivity index (χ4v) is 6.06. The quantitative estimate of drug-likeness (QED) is 0.491. The largest absolute Gasteiger partial charge is 0.496 e. The van der Waals surface area contributed by atoms with Gasteiger partial charge in [0.2, 0.25) is 0 Å². The van der Waals surface area contributed by atoms with Gasteiger partial charge in [0.1, 0.15) is 11.6 Å². The zero-order valence-electron chi connectivity index (χ0n) is 21.6. The molecule has 2 fully saturated rings. The standard InChI is InChI=1S/C29H35N5O2/c1-22-30-18-25(19-31-22)33-21-28(34(27(33)35)20-23-10-8-9-13-26(23)36-4)14-16-29(17-15-28,32(2)3)24-11-6-5-7-12-24/h5-13,18-19H,14-17,20-21H2,1-4H3/t28-,29+. The number of anilines is 1. The molecule has 7 nitrogen and oxygen atoms in total. The minimum absolute atomic E-state index is 0.00502. The molecule has 0 atom stereocenters. The summed E-state index contributed by atoms with van der Waals surface area (Å²) < 4.78 is 5.64. The van der Waals surface area contributed by atoms with E-state index in [9.17, 15) is 4.79 Å². The monoisotopic (exact) mass is 485 g/mol. The maximum Gasteiger partial charge on any atom is 0.325 e. The molecule has 2 amide bonds. The smallest absolute Gasteiger partial charge is 0.325 e. The van der Waals surface area contributed by atoms with Crippen molar-refractivity contribution >= 4 is 11.7 Å². The number of hydrogen-bond donors (Lipinski definition) is 0. The lowest BCUT2D eigenvalue weighted by molar-refractivity contribution is 0.0236.